The highest BCUT2D eigenvalue weighted by Crippen LogP contribution is 2.25. The van der Waals surface area contributed by atoms with Gasteiger partial charge in [-0.15, -0.1) is 0 Å². The van der Waals surface area contributed by atoms with E-state index in [2.05, 4.69) is 11.8 Å². The molecule has 0 spiro atoms. The molecule has 0 heterocycles. The Morgan fingerprint density at radius 3 is 2.85 bits per heavy atom. The van der Waals surface area contributed by atoms with Crippen LogP contribution in [0.1, 0.15) is 41.6 Å². The Morgan fingerprint density at radius 1 is 1.40 bits per heavy atom. The van der Waals surface area contributed by atoms with Crippen LogP contribution in [0.2, 0.25) is 0 Å². The molecule has 3 heteroatoms. The molecule has 0 atom stereocenters. The Kier molecular flexibility index (Phi) is 5.20. The second kappa shape index (κ2) is 7.12. The van der Waals surface area contributed by atoms with Gasteiger partial charge in [0.05, 0.1) is 0 Å². The summed E-state index contributed by atoms with van der Waals surface area (Å²) in [6, 6.07) is 7.28. The Bertz CT molecular complexity index is 521. The SMILES string of the molecule is CN(CC1CCCC1)C(=O)c1cccc(C#CCO)c1. The summed E-state index contributed by atoms with van der Waals surface area (Å²) in [6.45, 7) is 0.672. The quantitative estimate of drug-likeness (QED) is 0.857. The van der Waals surface area contributed by atoms with Gasteiger partial charge in [-0.05, 0) is 37.0 Å². The van der Waals surface area contributed by atoms with Crippen LogP contribution in [0.3, 0.4) is 0 Å². The molecule has 2 rings (SSSR count). The van der Waals surface area contributed by atoms with E-state index in [-0.39, 0.29) is 12.5 Å². The molecule has 1 aliphatic rings. The molecule has 1 aliphatic carbocycles. The highest BCUT2D eigenvalue weighted by Gasteiger charge is 2.20. The van der Waals surface area contributed by atoms with E-state index in [9.17, 15) is 4.79 Å². The van der Waals surface area contributed by atoms with Crippen LogP contribution in [-0.4, -0.2) is 36.1 Å². The van der Waals surface area contributed by atoms with Gasteiger partial charge in [0.2, 0.25) is 0 Å². The molecule has 1 saturated carbocycles. The van der Waals surface area contributed by atoms with Crippen LogP contribution in [0.25, 0.3) is 0 Å². The van der Waals surface area contributed by atoms with Crippen LogP contribution >= 0.6 is 0 Å². The maximum Gasteiger partial charge on any atom is 0.253 e. The molecule has 1 aromatic carbocycles. The summed E-state index contributed by atoms with van der Waals surface area (Å²) in [5.41, 5.74) is 1.43. The molecular weight excluding hydrogens is 250 g/mol. The number of rotatable bonds is 3. The number of benzene rings is 1. The van der Waals surface area contributed by atoms with E-state index in [4.69, 9.17) is 5.11 Å². The van der Waals surface area contributed by atoms with Gasteiger partial charge < -0.3 is 10.0 Å². The number of hydrogen-bond donors (Lipinski definition) is 1. The Labute approximate surface area is 120 Å². The average molecular weight is 271 g/mol. The van der Waals surface area contributed by atoms with E-state index in [1.165, 1.54) is 25.7 Å². The molecule has 1 N–H and O–H groups in total. The lowest BCUT2D eigenvalue weighted by molar-refractivity contribution is 0.0773. The molecule has 0 saturated heterocycles. The lowest BCUT2D eigenvalue weighted by Crippen LogP contribution is -2.31. The van der Waals surface area contributed by atoms with Crippen LogP contribution in [-0.2, 0) is 0 Å². The number of carbonyl (C=O) groups excluding carboxylic acids is 1. The molecule has 1 fully saturated rings. The first-order valence-corrected chi connectivity index (χ1v) is 7.16. The van der Waals surface area contributed by atoms with Crippen molar-refractivity contribution in [3.05, 3.63) is 35.4 Å². The number of aliphatic hydroxyl groups excluding tert-OH is 1. The smallest absolute Gasteiger partial charge is 0.253 e. The van der Waals surface area contributed by atoms with Crippen LogP contribution in [0.15, 0.2) is 24.3 Å². The predicted molar refractivity (Wildman–Crippen MR) is 79.3 cm³/mol. The van der Waals surface area contributed by atoms with Crippen LogP contribution in [0.5, 0.6) is 0 Å². The number of carbonyl (C=O) groups is 1. The fraction of sp³-hybridized carbons (Fsp3) is 0.471. The normalized spacial score (nSPS) is 14.7. The first kappa shape index (κ1) is 14.6. The van der Waals surface area contributed by atoms with Crippen molar-refractivity contribution in [2.24, 2.45) is 5.92 Å². The van der Waals surface area contributed by atoms with Crippen molar-refractivity contribution in [1.29, 1.82) is 0 Å². The molecular formula is C17H21NO2. The molecule has 3 nitrogen and oxygen atoms in total. The Morgan fingerprint density at radius 2 is 2.15 bits per heavy atom. The molecule has 20 heavy (non-hydrogen) atoms. The topological polar surface area (TPSA) is 40.5 Å². The average Bonchev–Trinajstić information content (AvgIpc) is 2.97. The van der Waals surface area contributed by atoms with Crippen LogP contribution in [0, 0.1) is 17.8 Å². The van der Waals surface area contributed by atoms with Gasteiger partial charge in [-0.2, -0.15) is 0 Å². The minimum atomic E-state index is -0.167. The molecule has 0 aliphatic heterocycles. The van der Waals surface area contributed by atoms with E-state index >= 15 is 0 Å². The first-order chi connectivity index (χ1) is 9.70. The molecule has 0 unspecified atom stereocenters. The van der Waals surface area contributed by atoms with Gasteiger partial charge in [-0.25, -0.2) is 0 Å². The highest BCUT2D eigenvalue weighted by molar-refractivity contribution is 5.94. The summed E-state index contributed by atoms with van der Waals surface area (Å²) in [5, 5.41) is 8.70. The van der Waals surface area contributed by atoms with Gasteiger partial charge in [0, 0.05) is 24.7 Å². The van der Waals surface area contributed by atoms with Crippen molar-refractivity contribution in [3.8, 4) is 11.8 Å². The molecule has 0 radical (unpaired) electrons. The third-order valence-corrected chi connectivity index (χ3v) is 3.77. The molecule has 0 bridgehead atoms. The maximum absolute atomic E-state index is 12.4. The first-order valence-electron chi connectivity index (χ1n) is 7.16. The zero-order valence-corrected chi connectivity index (χ0v) is 11.9. The second-order valence-corrected chi connectivity index (χ2v) is 5.38. The standard InChI is InChI=1S/C17H21NO2/c1-18(13-15-6-2-3-7-15)17(20)16-10-4-8-14(12-16)9-5-11-19/h4,8,10,12,15,19H,2-3,6-7,11,13H2,1H3. The lowest BCUT2D eigenvalue weighted by atomic mass is 10.1. The maximum atomic E-state index is 12.4. The number of hydrogen-bond acceptors (Lipinski definition) is 2. The third kappa shape index (κ3) is 3.85. The zero-order valence-electron chi connectivity index (χ0n) is 11.9. The number of aliphatic hydroxyl groups is 1. The van der Waals surface area contributed by atoms with Gasteiger partial charge in [0.15, 0.2) is 0 Å². The highest BCUT2D eigenvalue weighted by atomic mass is 16.2. The monoisotopic (exact) mass is 271 g/mol. The summed E-state index contributed by atoms with van der Waals surface area (Å²) < 4.78 is 0. The largest absolute Gasteiger partial charge is 0.384 e. The summed E-state index contributed by atoms with van der Waals surface area (Å²) >= 11 is 0. The molecule has 1 aromatic rings. The second-order valence-electron chi connectivity index (χ2n) is 5.38. The minimum Gasteiger partial charge on any atom is -0.384 e. The van der Waals surface area contributed by atoms with E-state index < -0.39 is 0 Å². The van der Waals surface area contributed by atoms with Crippen molar-refractivity contribution < 1.29 is 9.90 Å². The van der Waals surface area contributed by atoms with Crippen LogP contribution in [0.4, 0.5) is 0 Å². The van der Waals surface area contributed by atoms with Crippen molar-refractivity contribution in [2.75, 3.05) is 20.2 Å². The minimum absolute atomic E-state index is 0.0459. The van der Waals surface area contributed by atoms with E-state index in [0.29, 0.717) is 11.5 Å². The number of amides is 1. The summed E-state index contributed by atoms with van der Waals surface area (Å²) in [4.78, 5) is 14.2. The van der Waals surface area contributed by atoms with Gasteiger partial charge in [0.1, 0.15) is 6.61 Å². The van der Waals surface area contributed by atoms with Crippen molar-refractivity contribution in [3.63, 3.8) is 0 Å². The summed E-state index contributed by atoms with van der Waals surface area (Å²) in [6.07, 6.45) is 5.05. The Balaban J connectivity index is 2.03. The fourth-order valence-electron chi connectivity index (χ4n) is 2.76. The van der Waals surface area contributed by atoms with Crippen molar-refractivity contribution >= 4 is 5.91 Å². The molecule has 1 amide bonds. The van der Waals surface area contributed by atoms with Gasteiger partial charge in [-0.1, -0.05) is 30.7 Å². The van der Waals surface area contributed by atoms with Gasteiger partial charge in [-0.3, -0.25) is 4.79 Å². The lowest BCUT2D eigenvalue weighted by Gasteiger charge is -2.21. The van der Waals surface area contributed by atoms with Gasteiger partial charge >= 0.3 is 0 Å². The zero-order chi connectivity index (χ0) is 14.4. The molecule has 106 valence electrons. The van der Waals surface area contributed by atoms with Gasteiger partial charge in [0.25, 0.3) is 5.91 Å². The summed E-state index contributed by atoms with van der Waals surface area (Å²) in [5.74, 6) is 6.13. The molecule has 0 aromatic heterocycles. The fourth-order valence-corrected chi connectivity index (χ4v) is 2.76. The van der Waals surface area contributed by atoms with Crippen molar-refractivity contribution in [1.82, 2.24) is 4.90 Å². The van der Waals surface area contributed by atoms with Crippen molar-refractivity contribution in [2.45, 2.75) is 25.7 Å². The van der Waals surface area contributed by atoms with E-state index in [0.717, 1.165) is 12.1 Å². The van der Waals surface area contributed by atoms with E-state index in [1.807, 2.05) is 30.1 Å². The Hall–Kier alpha value is -1.79. The van der Waals surface area contributed by atoms with E-state index in [1.54, 1.807) is 6.07 Å². The third-order valence-electron chi connectivity index (χ3n) is 3.77. The summed E-state index contributed by atoms with van der Waals surface area (Å²) in [7, 11) is 1.87. The number of nitrogens with zero attached hydrogens (tertiary/aromatic N) is 1. The predicted octanol–water partition coefficient (Wildman–Crippen LogP) is 2.29. The van der Waals surface area contributed by atoms with Crippen LogP contribution < -0.4 is 0 Å².